The summed E-state index contributed by atoms with van der Waals surface area (Å²) in [6, 6.07) is 1.79. The molecule has 0 radical (unpaired) electrons. The molecule has 4 heteroatoms. The number of anilines is 1. The van der Waals surface area contributed by atoms with E-state index in [1.807, 2.05) is 6.92 Å². The summed E-state index contributed by atoms with van der Waals surface area (Å²) in [6.07, 6.45) is 1.60. The fourth-order valence-electron chi connectivity index (χ4n) is 0.637. The van der Waals surface area contributed by atoms with Crippen LogP contribution in [0.3, 0.4) is 0 Å². The molecule has 0 aromatic carbocycles. The lowest BCUT2D eigenvalue weighted by atomic mass is 10.5. The normalized spacial score (nSPS) is 9.40. The Morgan fingerprint density at radius 1 is 1.70 bits per heavy atom. The van der Waals surface area contributed by atoms with Crippen LogP contribution in [0.2, 0.25) is 5.15 Å². The van der Waals surface area contributed by atoms with Crippen molar-refractivity contribution >= 4 is 17.3 Å². The van der Waals surface area contributed by atoms with Crippen molar-refractivity contribution in [2.24, 2.45) is 0 Å². The maximum Gasteiger partial charge on any atom is 0.174 e. The number of hydrogen-bond acceptors (Lipinski definition) is 3. The van der Waals surface area contributed by atoms with Gasteiger partial charge in [-0.15, -0.1) is 5.10 Å². The molecule has 0 atom stereocenters. The lowest BCUT2D eigenvalue weighted by Crippen LogP contribution is -1.98. The number of hydrogen-bond donors (Lipinski definition) is 1. The van der Waals surface area contributed by atoms with Gasteiger partial charge in [0.15, 0.2) is 5.15 Å². The topological polar surface area (TPSA) is 37.8 Å². The van der Waals surface area contributed by atoms with Crippen molar-refractivity contribution in [3.63, 3.8) is 0 Å². The monoisotopic (exact) mass is 157 g/mol. The van der Waals surface area contributed by atoms with Crippen LogP contribution in [0.5, 0.6) is 0 Å². The summed E-state index contributed by atoms with van der Waals surface area (Å²) in [5, 5.41) is 10.7. The Labute approximate surface area is 64.4 Å². The van der Waals surface area contributed by atoms with Gasteiger partial charge in [0.1, 0.15) is 0 Å². The lowest BCUT2D eigenvalue weighted by molar-refractivity contribution is 1.02. The Bertz CT molecular complexity index is 214. The minimum absolute atomic E-state index is 0.421. The zero-order valence-corrected chi connectivity index (χ0v) is 6.39. The quantitative estimate of drug-likeness (QED) is 0.708. The molecule has 0 amide bonds. The van der Waals surface area contributed by atoms with Gasteiger partial charge in [0.2, 0.25) is 0 Å². The molecule has 0 aliphatic heterocycles. The molecule has 0 saturated carbocycles. The van der Waals surface area contributed by atoms with Crippen molar-refractivity contribution in [3.8, 4) is 0 Å². The first-order valence-electron chi connectivity index (χ1n) is 3.05. The van der Waals surface area contributed by atoms with Crippen LogP contribution in [-0.2, 0) is 0 Å². The van der Waals surface area contributed by atoms with Gasteiger partial charge in [0.05, 0.1) is 11.9 Å². The first-order valence-corrected chi connectivity index (χ1v) is 3.43. The Hall–Kier alpha value is -0.830. The molecule has 0 saturated heterocycles. The van der Waals surface area contributed by atoms with Crippen LogP contribution in [0.1, 0.15) is 6.92 Å². The third kappa shape index (κ3) is 1.57. The standard InChI is InChI=1S/C6H8ClN3/c1-2-8-5-3-4-9-10-6(5)7/h3-4H,2H2,1H3,(H,8,9). The highest BCUT2D eigenvalue weighted by Gasteiger charge is 1.96. The third-order valence-electron chi connectivity index (χ3n) is 1.04. The third-order valence-corrected chi connectivity index (χ3v) is 1.32. The molecule has 0 fully saturated rings. The van der Waals surface area contributed by atoms with Crippen LogP contribution in [0, 0.1) is 0 Å². The zero-order valence-electron chi connectivity index (χ0n) is 5.63. The average molecular weight is 158 g/mol. The van der Waals surface area contributed by atoms with E-state index < -0.39 is 0 Å². The molecule has 0 aliphatic rings. The predicted octanol–water partition coefficient (Wildman–Crippen LogP) is 1.56. The summed E-state index contributed by atoms with van der Waals surface area (Å²) in [5.41, 5.74) is 0.833. The first-order chi connectivity index (χ1) is 4.84. The molecule has 1 N–H and O–H groups in total. The minimum Gasteiger partial charge on any atom is -0.383 e. The van der Waals surface area contributed by atoms with Gasteiger partial charge >= 0.3 is 0 Å². The van der Waals surface area contributed by atoms with Gasteiger partial charge in [-0.25, -0.2) is 0 Å². The van der Waals surface area contributed by atoms with Crippen molar-refractivity contribution in [2.75, 3.05) is 11.9 Å². The van der Waals surface area contributed by atoms with Crippen molar-refractivity contribution < 1.29 is 0 Å². The van der Waals surface area contributed by atoms with Crippen LogP contribution >= 0.6 is 11.6 Å². The predicted molar refractivity (Wildman–Crippen MR) is 41.2 cm³/mol. The number of nitrogens with zero attached hydrogens (tertiary/aromatic N) is 2. The van der Waals surface area contributed by atoms with Crippen LogP contribution in [-0.4, -0.2) is 16.7 Å². The van der Waals surface area contributed by atoms with Gasteiger partial charge in [-0.3, -0.25) is 0 Å². The SMILES string of the molecule is CCNc1ccnnc1Cl. The van der Waals surface area contributed by atoms with Crippen molar-refractivity contribution in [3.05, 3.63) is 17.4 Å². The van der Waals surface area contributed by atoms with E-state index in [1.54, 1.807) is 12.3 Å². The molecule has 3 nitrogen and oxygen atoms in total. The summed E-state index contributed by atoms with van der Waals surface area (Å²) in [5.74, 6) is 0. The Morgan fingerprint density at radius 3 is 3.10 bits per heavy atom. The van der Waals surface area contributed by atoms with E-state index >= 15 is 0 Å². The van der Waals surface area contributed by atoms with Crippen LogP contribution < -0.4 is 5.32 Å². The Morgan fingerprint density at radius 2 is 2.50 bits per heavy atom. The number of aromatic nitrogens is 2. The van der Waals surface area contributed by atoms with E-state index in [2.05, 4.69) is 15.5 Å². The highest BCUT2D eigenvalue weighted by atomic mass is 35.5. The molecule has 0 unspecified atom stereocenters. The second kappa shape index (κ2) is 3.37. The van der Waals surface area contributed by atoms with E-state index in [0.717, 1.165) is 12.2 Å². The molecule has 1 aromatic heterocycles. The van der Waals surface area contributed by atoms with Crippen LogP contribution in [0.15, 0.2) is 12.3 Å². The second-order valence-corrected chi connectivity index (χ2v) is 2.12. The Balaban J connectivity index is 2.81. The van der Waals surface area contributed by atoms with E-state index in [4.69, 9.17) is 11.6 Å². The van der Waals surface area contributed by atoms with E-state index in [9.17, 15) is 0 Å². The zero-order chi connectivity index (χ0) is 7.40. The fraction of sp³-hybridized carbons (Fsp3) is 0.333. The van der Waals surface area contributed by atoms with Crippen LogP contribution in [0.25, 0.3) is 0 Å². The van der Waals surface area contributed by atoms with Gasteiger partial charge < -0.3 is 5.32 Å². The molecule has 1 heterocycles. The summed E-state index contributed by atoms with van der Waals surface area (Å²) < 4.78 is 0. The largest absolute Gasteiger partial charge is 0.383 e. The molecule has 0 spiro atoms. The summed E-state index contributed by atoms with van der Waals surface area (Å²) >= 11 is 5.67. The van der Waals surface area contributed by atoms with Gasteiger partial charge in [0, 0.05) is 6.54 Å². The molecule has 54 valence electrons. The van der Waals surface area contributed by atoms with E-state index in [0.29, 0.717) is 5.15 Å². The number of rotatable bonds is 2. The summed E-state index contributed by atoms with van der Waals surface area (Å²) in [6.45, 7) is 2.84. The smallest absolute Gasteiger partial charge is 0.174 e. The summed E-state index contributed by atoms with van der Waals surface area (Å²) in [7, 11) is 0. The molecule has 1 aromatic rings. The van der Waals surface area contributed by atoms with Gasteiger partial charge in [-0.1, -0.05) is 11.6 Å². The molecule has 10 heavy (non-hydrogen) atoms. The molecule has 1 rings (SSSR count). The maximum atomic E-state index is 5.67. The van der Waals surface area contributed by atoms with E-state index in [-0.39, 0.29) is 0 Å². The van der Waals surface area contributed by atoms with Gasteiger partial charge in [-0.2, -0.15) is 5.10 Å². The van der Waals surface area contributed by atoms with Crippen molar-refractivity contribution in [1.82, 2.24) is 10.2 Å². The molecular formula is C6H8ClN3. The molecule has 0 aliphatic carbocycles. The second-order valence-electron chi connectivity index (χ2n) is 1.77. The Kier molecular flexibility index (Phi) is 2.45. The fourth-order valence-corrected chi connectivity index (χ4v) is 0.810. The van der Waals surface area contributed by atoms with Gasteiger partial charge in [-0.05, 0) is 13.0 Å². The molecule has 0 bridgehead atoms. The highest BCUT2D eigenvalue weighted by molar-refractivity contribution is 6.31. The average Bonchev–Trinajstić information content (AvgIpc) is 1.94. The highest BCUT2D eigenvalue weighted by Crippen LogP contribution is 2.15. The van der Waals surface area contributed by atoms with E-state index in [1.165, 1.54) is 0 Å². The first kappa shape index (κ1) is 7.28. The van der Waals surface area contributed by atoms with Crippen molar-refractivity contribution in [2.45, 2.75) is 6.92 Å². The number of nitrogens with one attached hydrogen (secondary N) is 1. The maximum absolute atomic E-state index is 5.67. The molecular weight excluding hydrogens is 150 g/mol. The van der Waals surface area contributed by atoms with Crippen molar-refractivity contribution in [1.29, 1.82) is 0 Å². The summed E-state index contributed by atoms with van der Waals surface area (Å²) in [4.78, 5) is 0. The minimum atomic E-state index is 0.421. The number of halogens is 1. The van der Waals surface area contributed by atoms with Gasteiger partial charge in [0.25, 0.3) is 0 Å². The van der Waals surface area contributed by atoms with Crippen LogP contribution in [0.4, 0.5) is 5.69 Å². The lowest BCUT2D eigenvalue weighted by Gasteiger charge is -2.01.